The van der Waals surface area contributed by atoms with Gasteiger partial charge >= 0.3 is 0 Å². The van der Waals surface area contributed by atoms with E-state index < -0.39 is 29.5 Å². The number of carbonyl (C=O) groups is 3. The van der Waals surface area contributed by atoms with Gasteiger partial charge in [0, 0.05) is 11.8 Å². The highest BCUT2D eigenvalue weighted by molar-refractivity contribution is 6.24. The van der Waals surface area contributed by atoms with E-state index in [1.54, 1.807) is 65.3 Å². The highest BCUT2D eigenvalue weighted by Gasteiger charge is 2.41. The number of rotatable bonds is 4. The first-order valence-electron chi connectivity index (χ1n) is 9.72. The van der Waals surface area contributed by atoms with Crippen LogP contribution in [0.5, 0.6) is 0 Å². The molecule has 0 saturated carbocycles. The fourth-order valence-electron chi connectivity index (χ4n) is 3.94. The lowest BCUT2D eigenvalue weighted by Gasteiger charge is -2.21. The average Bonchev–Trinajstić information content (AvgIpc) is 3.29. The van der Waals surface area contributed by atoms with Gasteiger partial charge in [0.2, 0.25) is 0 Å². The molecule has 1 aliphatic heterocycles. The van der Waals surface area contributed by atoms with E-state index in [9.17, 15) is 18.8 Å². The normalized spacial score (nSPS) is 14.2. The van der Waals surface area contributed by atoms with E-state index >= 15 is 0 Å². The molecule has 2 aromatic carbocycles. The monoisotopic (exact) mass is 413 g/mol. The number of imide groups is 1. The van der Waals surface area contributed by atoms with Crippen molar-refractivity contribution in [3.05, 3.63) is 95.4 Å². The van der Waals surface area contributed by atoms with Crippen LogP contribution in [0.1, 0.15) is 38.0 Å². The number of benzene rings is 2. The van der Waals surface area contributed by atoms with E-state index in [0.717, 1.165) is 4.90 Å². The Balaban J connectivity index is 1.62. The van der Waals surface area contributed by atoms with E-state index in [1.165, 1.54) is 19.1 Å². The van der Waals surface area contributed by atoms with E-state index in [4.69, 9.17) is 0 Å². The zero-order chi connectivity index (χ0) is 21.7. The number of hydrogen-bond donors (Lipinski definition) is 0. The highest BCUT2D eigenvalue weighted by atomic mass is 19.1. The van der Waals surface area contributed by atoms with Crippen molar-refractivity contribution in [3.63, 3.8) is 0 Å². The summed E-state index contributed by atoms with van der Waals surface area (Å²) < 4.78 is 15.0. The maximum atomic E-state index is 13.6. The Kier molecular flexibility index (Phi) is 4.25. The van der Waals surface area contributed by atoms with E-state index in [1.807, 2.05) is 0 Å². The molecule has 2 aromatic heterocycles. The minimum atomic E-state index is -1.04. The van der Waals surface area contributed by atoms with Crippen LogP contribution in [0.3, 0.4) is 0 Å². The van der Waals surface area contributed by atoms with Crippen molar-refractivity contribution in [2.75, 3.05) is 0 Å². The van der Waals surface area contributed by atoms with Gasteiger partial charge in [0.25, 0.3) is 11.8 Å². The first kappa shape index (κ1) is 18.9. The molecule has 1 atom stereocenters. The quantitative estimate of drug-likeness (QED) is 0.374. The largest absolute Gasteiger partial charge is 0.292 e. The number of pyridine rings is 1. The number of fused-ring (bicyclic) bond motifs is 2. The van der Waals surface area contributed by atoms with Crippen molar-refractivity contribution in [3.8, 4) is 11.3 Å². The maximum absolute atomic E-state index is 13.6. The minimum Gasteiger partial charge on any atom is -0.292 e. The molecule has 2 amide bonds. The minimum absolute atomic E-state index is 0.274. The van der Waals surface area contributed by atoms with E-state index in [-0.39, 0.29) is 16.7 Å². The van der Waals surface area contributed by atoms with Gasteiger partial charge in [-0.3, -0.25) is 19.3 Å². The third-order valence-corrected chi connectivity index (χ3v) is 5.50. The molecule has 1 unspecified atom stereocenters. The standard InChI is InChI=1S/C24H16FN3O3/c1-14(28-23(30)17-6-2-3-7-18(17)24(28)31)22(29)20-19-8-4-5-13-27(19)26-21(20)15-9-11-16(25)12-10-15/h2-14H,1H3. The van der Waals surface area contributed by atoms with Gasteiger partial charge in [0.1, 0.15) is 17.6 Å². The van der Waals surface area contributed by atoms with Gasteiger partial charge in [-0.05, 0) is 55.5 Å². The van der Waals surface area contributed by atoms with Crippen molar-refractivity contribution in [1.29, 1.82) is 0 Å². The van der Waals surface area contributed by atoms with Crippen LogP contribution in [-0.2, 0) is 0 Å². The fourth-order valence-corrected chi connectivity index (χ4v) is 3.94. The molecule has 4 aromatic rings. The van der Waals surface area contributed by atoms with E-state index in [2.05, 4.69) is 5.10 Å². The summed E-state index contributed by atoms with van der Waals surface area (Å²) in [5, 5.41) is 4.51. The summed E-state index contributed by atoms with van der Waals surface area (Å²) in [5.41, 5.74) is 2.30. The lowest BCUT2D eigenvalue weighted by atomic mass is 9.98. The predicted molar refractivity (Wildman–Crippen MR) is 111 cm³/mol. The number of Topliss-reactive ketones (excluding diaryl/α,β-unsaturated/α-hetero) is 1. The third kappa shape index (κ3) is 2.85. The lowest BCUT2D eigenvalue weighted by Crippen LogP contribution is -2.43. The second-order valence-corrected chi connectivity index (χ2v) is 7.33. The maximum Gasteiger partial charge on any atom is 0.262 e. The molecule has 0 spiro atoms. The molecule has 31 heavy (non-hydrogen) atoms. The number of carbonyl (C=O) groups excluding carboxylic acids is 3. The molecule has 0 N–H and O–H groups in total. The van der Waals surface area contributed by atoms with Gasteiger partial charge in [-0.25, -0.2) is 8.91 Å². The molecule has 0 aliphatic carbocycles. The van der Waals surface area contributed by atoms with Crippen LogP contribution in [0.25, 0.3) is 16.8 Å². The number of aromatic nitrogens is 2. The summed E-state index contributed by atoms with van der Waals surface area (Å²) >= 11 is 0. The summed E-state index contributed by atoms with van der Waals surface area (Å²) in [5.74, 6) is -1.82. The van der Waals surface area contributed by atoms with Crippen molar-refractivity contribution >= 4 is 23.1 Å². The van der Waals surface area contributed by atoms with Gasteiger partial charge in [0.05, 0.1) is 22.2 Å². The third-order valence-electron chi connectivity index (χ3n) is 5.50. The summed E-state index contributed by atoms with van der Waals surface area (Å²) in [6.07, 6.45) is 1.70. The van der Waals surface area contributed by atoms with Crippen LogP contribution in [0.4, 0.5) is 4.39 Å². The Morgan fingerprint density at radius 2 is 1.52 bits per heavy atom. The molecular weight excluding hydrogens is 397 g/mol. The number of ketones is 1. The molecule has 0 bridgehead atoms. The van der Waals surface area contributed by atoms with Crippen molar-refractivity contribution in [2.24, 2.45) is 0 Å². The van der Waals surface area contributed by atoms with Crippen molar-refractivity contribution < 1.29 is 18.8 Å². The SMILES string of the molecule is CC(C(=O)c1c(-c2ccc(F)cc2)nn2ccccc12)N1C(=O)c2ccccc2C1=O. The van der Waals surface area contributed by atoms with Crippen LogP contribution in [0.15, 0.2) is 72.9 Å². The first-order valence-corrected chi connectivity index (χ1v) is 9.72. The molecule has 152 valence electrons. The number of hydrogen-bond acceptors (Lipinski definition) is 4. The van der Waals surface area contributed by atoms with Gasteiger partial charge in [-0.15, -0.1) is 0 Å². The predicted octanol–water partition coefficient (Wildman–Crippen LogP) is 4.01. The molecular formula is C24H16FN3O3. The molecule has 1 aliphatic rings. The zero-order valence-electron chi connectivity index (χ0n) is 16.4. The van der Waals surface area contributed by atoms with Crippen LogP contribution in [0.2, 0.25) is 0 Å². The van der Waals surface area contributed by atoms with E-state index in [0.29, 0.717) is 16.8 Å². The summed E-state index contributed by atoms with van der Waals surface area (Å²) in [6, 6.07) is 16.4. The average molecular weight is 413 g/mol. The Morgan fingerprint density at radius 3 is 2.16 bits per heavy atom. The van der Waals surface area contributed by atoms with Crippen molar-refractivity contribution in [1.82, 2.24) is 14.5 Å². The summed E-state index contributed by atoms with van der Waals surface area (Å²) in [6.45, 7) is 1.53. The molecule has 0 saturated heterocycles. The molecule has 3 heterocycles. The number of amides is 2. The molecule has 7 heteroatoms. The smallest absolute Gasteiger partial charge is 0.262 e. The van der Waals surface area contributed by atoms with Crippen LogP contribution in [0, 0.1) is 5.82 Å². The molecule has 6 nitrogen and oxygen atoms in total. The van der Waals surface area contributed by atoms with Gasteiger partial charge < -0.3 is 0 Å². The van der Waals surface area contributed by atoms with Crippen LogP contribution < -0.4 is 0 Å². The van der Waals surface area contributed by atoms with Gasteiger partial charge in [0.15, 0.2) is 5.78 Å². The zero-order valence-corrected chi connectivity index (χ0v) is 16.4. The first-order chi connectivity index (χ1) is 15.0. The highest BCUT2D eigenvalue weighted by Crippen LogP contribution is 2.31. The summed E-state index contributed by atoms with van der Waals surface area (Å²) in [7, 11) is 0. The van der Waals surface area contributed by atoms with Gasteiger partial charge in [-0.2, -0.15) is 5.10 Å². The van der Waals surface area contributed by atoms with Crippen LogP contribution >= 0.6 is 0 Å². The second kappa shape index (κ2) is 6.98. The second-order valence-electron chi connectivity index (χ2n) is 7.33. The summed E-state index contributed by atoms with van der Waals surface area (Å²) in [4.78, 5) is 40.4. The fraction of sp³-hybridized carbons (Fsp3) is 0.0833. The lowest BCUT2D eigenvalue weighted by molar-refractivity contribution is 0.0555. The molecule has 0 radical (unpaired) electrons. The number of nitrogens with zero attached hydrogens (tertiary/aromatic N) is 3. The van der Waals surface area contributed by atoms with Gasteiger partial charge in [-0.1, -0.05) is 18.2 Å². The van der Waals surface area contributed by atoms with Crippen LogP contribution in [-0.4, -0.2) is 38.2 Å². The van der Waals surface area contributed by atoms with Crippen molar-refractivity contribution in [2.45, 2.75) is 13.0 Å². The Labute approximate surface area is 176 Å². The molecule has 5 rings (SSSR count). The topological polar surface area (TPSA) is 71.8 Å². The Hall–Kier alpha value is -4.13. The Morgan fingerprint density at radius 1 is 0.903 bits per heavy atom. The number of halogens is 1. The Bertz CT molecular complexity index is 1340. The molecule has 0 fully saturated rings.